The first kappa shape index (κ1) is 22.4. The monoisotopic (exact) mass is 473 g/mol. The molecular formula is C27H33Cl2NO2. The zero-order valence-electron chi connectivity index (χ0n) is 19.3. The fourth-order valence-electron chi connectivity index (χ4n) is 7.73. The van der Waals surface area contributed by atoms with E-state index in [-0.39, 0.29) is 5.54 Å². The number of methoxy groups -OCH3 is 1. The van der Waals surface area contributed by atoms with Gasteiger partial charge in [-0.3, -0.25) is 0 Å². The molecule has 2 aromatic rings. The van der Waals surface area contributed by atoms with Crippen molar-refractivity contribution in [3.63, 3.8) is 0 Å². The average Bonchev–Trinajstić information content (AvgIpc) is 2.68. The van der Waals surface area contributed by atoms with Crippen molar-refractivity contribution < 1.29 is 9.47 Å². The number of hydrogen-bond acceptors (Lipinski definition) is 3. The lowest BCUT2D eigenvalue weighted by molar-refractivity contribution is -0.118. The molecule has 6 rings (SSSR count). The summed E-state index contributed by atoms with van der Waals surface area (Å²) in [4.78, 5) is 0. The second kappa shape index (κ2) is 8.11. The maximum absolute atomic E-state index is 6.65. The predicted octanol–water partition coefficient (Wildman–Crippen LogP) is 7.42. The Morgan fingerprint density at radius 2 is 1.72 bits per heavy atom. The van der Waals surface area contributed by atoms with E-state index in [4.69, 9.17) is 32.7 Å². The van der Waals surface area contributed by atoms with Crippen LogP contribution in [0.3, 0.4) is 0 Å². The number of rotatable bonds is 7. The van der Waals surface area contributed by atoms with E-state index < -0.39 is 0 Å². The van der Waals surface area contributed by atoms with Crippen molar-refractivity contribution in [3.05, 3.63) is 57.6 Å². The highest BCUT2D eigenvalue weighted by molar-refractivity contribution is 6.32. The van der Waals surface area contributed by atoms with Gasteiger partial charge in [0.05, 0.1) is 12.1 Å². The van der Waals surface area contributed by atoms with E-state index in [0.29, 0.717) is 39.0 Å². The van der Waals surface area contributed by atoms with Gasteiger partial charge >= 0.3 is 0 Å². The molecule has 4 fully saturated rings. The molecule has 172 valence electrons. The van der Waals surface area contributed by atoms with Crippen LogP contribution >= 0.6 is 23.2 Å². The molecule has 0 aromatic heterocycles. The molecule has 0 amide bonds. The largest absolute Gasteiger partial charge is 0.493 e. The Bertz CT molecular complexity index is 1000. The number of benzene rings is 2. The summed E-state index contributed by atoms with van der Waals surface area (Å²) in [7, 11) is 1.66. The lowest BCUT2D eigenvalue weighted by Gasteiger charge is -2.65. The highest BCUT2D eigenvalue weighted by Gasteiger charge is 2.59. The molecule has 4 aliphatic carbocycles. The molecule has 4 bridgehead atoms. The van der Waals surface area contributed by atoms with Crippen LogP contribution in [0.5, 0.6) is 11.5 Å². The van der Waals surface area contributed by atoms with Crippen molar-refractivity contribution >= 4 is 23.2 Å². The molecule has 2 atom stereocenters. The van der Waals surface area contributed by atoms with Crippen molar-refractivity contribution in [2.24, 2.45) is 16.7 Å². The van der Waals surface area contributed by atoms with Crippen LogP contribution in [0.15, 0.2) is 36.4 Å². The van der Waals surface area contributed by atoms with Crippen LogP contribution in [0.25, 0.3) is 0 Å². The normalized spacial score (nSPS) is 32.8. The Hall–Kier alpha value is -1.42. The Morgan fingerprint density at radius 1 is 0.969 bits per heavy atom. The van der Waals surface area contributed by atoms with Gasteiger partial charge in [-0.25, -0.2) is 0 Å². The molecule has 1 N–H and O–H groups in total. The molecule has 0 spiro atoms. The standard InChI is InChI=1S/C27H33Cl2NO2/c1-25-10-20-11-26(2,15-25)17-27(12-20,16-25)30-13-19-8-22(29)24(23(9-19)31-3)32-14-18-5-4-6-21(28)7-18/h4-9,20,30H,10-17H2,1-3H3. The minimum absolute atomic E-state index is 0.254. The molecule has 5 heteroatoms. The first-order valence-corrected chi connectivity index (χ1v) is 12.4. The Labute approximate surface area is 201 Å². The van der Waals surface area contributed by atoms with Gasteiger partial charge in [0.15, 0.2) is 11.5 Å². The smallest absolute Gasteiger partial charge is 0.180 e. The van der Waals surface area contributed by atoms with E-state index >= 15 is 0 Å². The van der Waals surface area contributed by atoms with Gasteiger partial charge in [-0.2, -0.15) is 0 Å². The fraction of sp³-hybridized carbons (Fsp3) is 0.556. The fourth-order valence-corrected chi connectivity index (χ4v) is 8.23. The van der Waals surface area contributed by atoms with E-state index in [1.165, 1.54) is 38.5 Å². The van der Waals surface area contributed by atoms with Gasteiger partial charge in [0.2, 0.25) is 0 Å². The van der Waals surface area contributed by atoms with Crippen molar-refractivity contribution in [2.75, 3.05) is 7.11 Å². The van der Waals surface area contributed by atoms with Gasteiger partial charge in [-0.15, -0.1) is 0 Å². The lowest BCUT2D eigenvalue weighted by atomic mass is 9.43. The summed E-state index contributed by atoms with van der Waals surface area (Å²) < 4.78 is 11.7. The van der Waals surface area contributed by atoms with Crippen molar-refractivity contribution in [1.82, 2.24) is 5.32 Å². The highest BCUT2D eigenvalue weighted by Crippen LogP contribution is 2.66. The number of halogens is 2. The van der Waals surface area contributed by atoms with Gasteiger partial charge < -0.3 is 14.8 Å². The van der Waals surface area contributed by atoms with Gasteiger partial charge in [0.25, 0.3) is 0 Å². The SMILES string of the molecule is COc1cc(CNC23CC4CC(C)(CC(C)(C4)C2)C3)cc(Cl)c1OCc1cccc(Cl)c1. The van der Waals surface area contributed by atoms with E-state index in [1.807, 2.05) is 30.3 Å². The molecule has 3 nitrogen and oxygen atoms in total. The van der Waals surface area contributed by atoms with Crippen LogP contribution in [0.4, 0.5) is 0 Å². The minimum atomic E-state index is 0.254. The third-order valence-electron chi connectivity index (χ3n) is 7.86. The molecule has 2 aromatic carbocycles. The summed E-state index contributed by atoms with van der Waals surface area (Å²) >= 11 is 12.7. The molecule has 0 radical (unpaired) electrons. The van der Waals surface area contributed by atoms with Crippen LogP contribution in [0.1, 0.15) is 63.5 Å². The molecule has 0 aliphatic heterocycles. The molecule has 2 unspecified atom stereocenters. The van der Waals surface area contributed by atoms with Gasteiger partial charge in [0.1, 0.15) is 6.61 Å². The lowest BCUT2D eigenvalue weighted by Crippen LogP contribution is -2.63. The van der Waals surface area contributed by atoms with Crippen LogP contribution in [0, 0.1) is 16.7 Å². The topological polar surface area (TPSA) is 30.5 Å². The zero-order chi connectivity index (χ0) is 22.6. The summed E-state index contributed by atoms with van der Waals surface area (Å²) in [5.41, 5.74) is 3.37. The number of nitrogens with one attached hydrogen (secondary N) is 1. The maximum atomic E-state index is 6.65. The average molecular weight is 474 g/mol. The van der Waals surface area contributed by atoms with Crippen LogP contribution in [-0.2, 0) is 13.2 Å². The van der Waals surface area contributed by atoms with E-state index in [0.717, 1.165) is 23.6 Å². The molecule has 4 saturated carbocycles. The Kier molecular flexibility index (Phi) is 5.67. The predicted molar refractivity (Wildman–Crippen MR) is 131 cm³/mol. The molecule has 0 heterocycles. The minimum Gasteiger partial charge on any atom is -0.493 e. The first-order valence-electron chi connectivity index (χ1n) is 11.7. The zero-order valence-corrected chi connectivity index (χ0v) is 20.8. The third-order valence-corrected chi connectivity index (χ3v) is 8.37. The van der Waals surface area contributed by atoms with E-state index in [2.05, 4.69) is 25.2 Å². The molecule has 0 saturated heterocycles. The van der Waals surface area contributed by atoms with Crippen molar-refractivity contribution in [1.29, 1.82) is 0 Å². The van der Waals surface area contributed by atoms with Gasteiger partial charge in [-0.05, 0) is 90.7 Å². The quantitative estimate of drug-likeness (QED) is 0.453. The van der Waals surface area contributed by atoms with Gasteiger partial charge in [-0.1, -0.05) is 49.2 Å². The van der Waals surface area contributed by atoms with Crippen LogP contribution in [-0.4, -0.2) is 12.6 Å². The highest BCUT2D eigenvalue weighted by atomic mass is 35.5. The molecule has 32 heavy (non-hydrogen) atoms. The Morgan fingerprint density at radius 3 is 2.38 bits per heavy atom. The van der Waals surface area contributed by atoms with Crippen molar-refractivity contribution in [2.45, 2.75) is 71.1 Å². The molecular weight excluding hydrogens is 441 g/mol. The van der Waals surface area contributed by atoms with E-state index in [1.54, 1.807) is 7.11 Å². The first-order chi connectivity index (χ1) is 15.2. The third kappa shape index (κ3) is 4.36. The number of hydrogen-bond donors (Lipinski definition) is 1. The van der Waals surface area contributed by atoms with E-state index in [9.17, 15) is 0 Å². The molecule has 4 aliphatic rings. The Balaban J connectivity index is 1.30. The summed E-state index contributed by atoms with van der Waals surface area (Å²) in [6.07, 6.45) is 8.09. The maximum Gasteiger partial charge on any atom is 0.180 e. The second-order valence-corrected chi connectivity index (χ2v) is 12.1. The summed E-state index contributed by atoms with van der Waals surface area (Å²) in [5.74, 6) is 2.11. The second-order valence-electron chi connectivity index (χ2n) is 11.3. The summed E-state index contributed by atoms with van der Waals surface area (Å²) in [6.45, 7) is 6.20. The van der Waals surface area contributed by atoms with Crippen LogP contribution in [0.2, 0.25) is 10.0 Å². The summed E-state index contributed by atoms with van der Waals surface area (Å²) in [5, 5.41) is 5.26. The van der Waals surface area contributed by atoms with Gasteiger partial charge in [0, 0.05) is 17.1 Å². The number of ether oxygens (including phenoxy) is 2. The van der Waals surface area contributed by atoms with Crippen LogP contribution < -0.4 is 14.8 Å². The van der Waals surface area contributed by atoms with Crippen molar-refractivity contribution in [3.8, 4) is 11.5 Å². The summed E-state index contributed by atoms with van der Waals surface area (Å²) in [6, 6.07) is 11.7.